The summed E-state index contributed by atoms with van der Waals surface area (Å²) in [6, 6.07) is 9.18. The van der Waals surface area contributed by atoms with E-state index in [0.717, 1.165) is 24.3 Å². The molecule has 0 saturated carbocycles. The Balaban J connectivity index is 2.08. The normalized spacial score (nSPS) is 11.5. The summed E-state index contributed by atoms with van der Waals surface area (Å²) in [7, 11) is 0. The summed E-state index contributed by atoms with van der Waals surface area (Å²) >= 11 is 0. The molecular formula is C20H17F5N2O2. The van der Waals surface area contributed by atoms with Crippen molar-refractivity contribution in [3.05, 3.63) is 71.3 Å². The first kappa shape index (κ1) is 22.1. The van der Waals surface area contributed by atoms with Gasteiger partial charge in [-0.3, -0.25) is 9.59 Å². The fraction of sp³-hybridized carbons (Fsp3) is 0.200. The van der Waals surface area contributed by atoms with Crippen LogP contribution in [-0.2, 0) is 16.1 Å². The third-order valence-corrected chi connectivity index (χ3v) is 3.88. The van der Waals surface area contributed by atoms with Gasteiger partial charge in [0.25, 0.3) is 0 Å². The molecule has 0 saturated heterocycles. The van der Waals surface area contributed by atoms with Crippen LogP contribution in [0.2, 0.25) is 0 Å². The summed E-state index contributed by atoms with van der Waals surface area (Å²) in [5.41, 5.74) is 0.244. The number of hydrogen-bond donors (Lipinski definition) is 1. The van der Waals surface area contributed by atoms with Gasteiger partial charge in [-0.25, -0.2) is 8.78 Å². The molecule has 4 nitrogen and oxygen atoms in total. The van der Waals surface area contributed by atoms with Crippen molar-refractivity contribution in [3.63, 3.8) is 0 Å². The zero-order valence-electron chi connectivity index (χ0n) is 15.3. The highest BCUT2D eigenvalue weighted by Crippen LogP contribution is 2.21. The highest BCUT2D eigenvalue weighted by Gasteiger charge is 2.41. The molecule has 2 aromatic rings. The number of carbonyl (C=O) groups is 2. The van der Waals surface area contributed by atoms with Gasteiger partial charge in [0.2, 0.25) is 5.91 Å². The summed E-state index contributed by atoms with van der Waals surface area (Å²) < 4.78 is 64.9. The average molecular weight is 412 g/mol. The lowest BCUT2D eigenvalue weighted by Crippen LogP contribution is -2.40. The summed E-state index contributed by atoms with van der Waals surface area (Å²) in [5, 5.41) is 2.45. The van der Waals surface area contributed by atoms with Gasteiger partial charge in [-0.2, -0.15) is 13.2 Å². The maximum Gasteiger partial charge on any atom is 0.471 e. The molecule has 0 bridgehead atoms. The second-order valence-corrected chi connectivity index (χ2v) is 5.98. The van der Waals surface area contributed by atoms with Crippen LogP contribution in [0.25, 0.3) is 6.08 Å². The molecule has 2 rings (SSSR count). The molecule has 1 N–H and O–H groups in total. The molecule has 0 aliphatic heterocycles. The fourth-order valence-corrected chi connectivity index (χ4v) is 2.49. The minimum atomic E-state index is -4.98. The number of nitrogens with one attached hydrogen (secondary N) is 1. The average Bonchev–Trinajstić information content (AvgIpc) is 2.64. The van der Waals surface area contributed by atoms with Crippen LogP contribution in [0.15, 0.2) is 48.5 Å². The first-order chi connectivity index (χ1) is 13.6. The Morgan fingerprint density at radius 1 is 1.07 bits per heavy atom. The van der Waals surface area contributed by atoms with E-state index < -0.39 is 29.6 Å². The predicted octanol–water partition coefficient (Wildman–Crippen LogP) is 4.53. The van der Waals surface area contributed by atoms with E-state index in [0.29, 0.717) is 10.5 Å². The molecule has 0 fully saturated rings. The molecule has 0 spiro atoms. The quantitative estimate of drug-likeness (QED) is 0.560. The standard InChI is InChI=1S/C20H17F5N2O2/c1-2-27(19(29)20(23,24)25)12-13-5-3-6-14(11-13)26-18(28)10-9-15-16(21)7-4-8-17(15)22/h3-11H,2,12H2,1H3,(H,26,28)/b10-9+. The Kier molecular flexibility index (Phi) is 7.08. The third kappa shape index (κ3) is 6.13. The molecule has 2 aromatic carbocycles. The lowest BCUT2D eigenvalue weighted by molar-refractivity contribution is -0.185. The van der Waals surface area contributed by atoms with E-state index >= 15 is 0 Å². The smallest absolute Gasteiger partial charge is 0.331 e. The Morgan fingerprint density at radius 3 is 2.28 bits per heavy atom. The molecule has 0 unspecified atom stereocenters. The van der Waals surface area contributed by atoms with E-state index in [-0.39, 0.29) is 24.3 Å². The molecule has 154 valence electrons. The number of anilines is 1. The molecule has 0 heterocycles. The number of halogens is 5. The van der Waals surface area contributed by atoms with Crippen molar-refractivity contribution < 1.29 is 31.5 Å². The van der Waals surface area contributed by atoms with Crippen molar-refractivity contribution in [3.8, 4) is 0 Å². The molecule has 29 heavy (non-hydrogen) atoms. The van der Waals surface area contributed by atoms with E-state index in [4.69, 9.17) is 0 Å². The number of alkyl halides is 3. The van der Waals surface area contributed by atoms with Gasteiger partial charge in [0, 0.05) is 30.4 Å². The van der Waals surface area contributed by atoms with Gasteiger partial charge in [-0.1, -0.05) is 18.2 Å². The van der Waals surface area contributed by atoms with Crippen molar-refractivity contribution in [2.24, 2.45) is 0 Å². The van der Waals surface area contributed by atoms with Crippen molar-refractivity contribution in [2.45, 2.75) is 19.6 Å². The van der Waals surface area contributed by atoms with Gasteiger partial charge in [-0.15, -0.1) is 0 Å². The largest absolute Gasteiger partial charge is 0.471 e. The summed E-state index contributed by atoms with van der Waals surface area (Å²) in [6.07, 6.45) is -3.07. The molecule has 9 heteroatoms. The first-order valence-electron chi connectivity index (χ1n) is 8.50. The minimum Gasteiger partial charge on any atom is -0.331 e. The van der Waals surface area contributed by atoms with Gasteiger partial charge in [0.05, 0.1) is 0 Å². The van der Waals surface area contributed by atoms with Crippen LogP contribution in [0, 0.1) is 11.6 Å². The maximum absolute atomic E-state index is 13.5. The molecule has 0 aliphatic carbocycles. The third-order valence-electron chi connectivity index (χ3n) is 3.88. The SMILES string of the molecule is CCN(Cc1cccc(NC(=O)/C=C/c2c(F)cccc2F)c1)C(=O)C(F)(F)F. The Morgan fingerprint density at radius 2 is 1.69 bits per heavy atom. The number of nitrogens with zero attached hydrogens (tertiary/aromatic N) is 1. The number of benzene rings is 2. The van der Waals surface area contributed by atoms with Crippen molar-refractivity contribution in [2.75, 3.05) is 11.9 Å². The van der Waals surface area contributed by atoms with Crippen LogP contribution in [0.4, 0.5) is 27.6 Å². The van der Waals surface area contributed by atoms with Gasteiger partial charge >= 0.3 is 12.1 Å². The zero-order valence-corrected chi connectivity index (χ0v) is 15.3. The van der Waals surface area contributed by atoms with E-state index in [1.807, 2.05) is 0 Å². The monoisotopic (exact) mass is 412 g/mol. The summed E-state index contributed by atoms with van der Waals surface area (Å²) in [4.78, 5) is 24.0. The molecule has 0 atom stereocenters. The summed E-state index contributed by atoms with van der Waals surface area (Å²) in [5.74, 6) is -4.30. The second kappa shape index (κ2) is 9.31. The van der Waals surface area contributed by atoms with Crippen LogP contribution in [0.3, 0.4) is 0 Å². The fourth-order valence-electron chi connectivity index (χ4n) is 2.49. The maximum atomic E-state index is 13.5. The van der Waals surface area contributed by atoms with Gasteiger partial charge in [0.15, 0.2) is 0 Å². The van der Waals surface area contributed by atoms with Crippen LogP contribution >= 0.6 is 0 Å². The molecule has 2 amide bonds. The predicted molar refractivity (Wildman–Crippen MR) is 97.6 cm³/mol. The number of hydrogen-bond acceptors (Lipinski definition) is 2. The van der Waals surface area contributed by atoms with E-state index in [1.165, 1.54) is 37.3 Å². The lowest BCUT2D eigenvalue weighted by Gasteiger charge is -2.22. The number of amides is 2. The van der Waals surface area contributed by atoms with Gasteiger partial charge in [0.1, 0.15) is 11.6 Å². The molecule has 0 aromatic heterocycles. The van der Waals surface area contributed by atoms with Crippen molar-refractivity contribution >= 4 is 23.6 Å². The Hall–Kier alpha value is -3.23. The summed E-state index contributed by atoms with van der Waals surface area (Å²) in [6.45, 7) is 0.975. The zero-order chi connectivity index (χ0) is 21.6. The topological polar surface area (TPSA) is 49.4 Å². The van der Waals surface area contributed by atoms with Gasteiger partial charge < -0.3 is 10.2 Å². The Bertz CT molecular complexity index is 905. The number of rotatable bonds is 6. The van der Waals surface area contributed by atoms with Crippen LogP contribution in [0.5, 0.6) is 0 Å². The van der Waals surface area contributed by atoms with E-state index in [1.54, 1.807) is 0 Å². The van der Waals surface area contributed by atoms with Crippen molar-refractivity contribution in [1.29, 1.82) is 0 Å². The van der Waals surface area contributed by atoms with Crippen LogP contribution < -0.4 is 5.32 Å². The van der Waals surface area contributed by atoms with Crippen LogP contribution in [-0.4, -0.2) is 29.4 Å². The number of carbonyl (C=O) groups excluding carboxylic acids is 2. The van der Waals surface area contributed by atoms with Crippen LogP contribution in [0.1, 0.15) is 18.1 Å². The molecule has 0 radical (unpaired) electrons. The molecular weight excluding hydrogens is 395 g/mol. The highest BCUT2D eigenvalue weighted by atomic mass is 19.4. The Labute approximate surface area is 163 Å². The van der Waals surface area contributed by atoms with Gasteiger partial charge in [-0.05, 0) is 42.8 Å². The first-order valence-corrected chi connectivity index (χ1v) is 8.50. The second-order valence-electron chi connectivity index (χ2n) is 5.98. The lowest BCUT2D eigenvalue weighted by atomic mass is 10.1. The van der Waals surface area contributed by atoms with E-state index in [9.17, 15) is 31.5 Å². The van der Waals surface area contributed by atoms with E-state index in [2.05, 4.69) is 5.32 Å². The minimum absolute atomic E-state index is 0.147. The van der Waals surface area contributed by atoms with Crippen molar-refractivity contribution in [1.82, 2.24) is 4.90 Å². The highest BCUT2D eigenvalue weighted by molar-refractivity contribution is 6.02. The molecule has 0 aliphatic rings.